The van der Waals surface area contributed by atoms with Crippen LogP contribution in [0.5, 0.6) is 0 Å². The van der Waals surface area contributed by atoms with Crippen LogP contribution in [0.25, 0.3) is 0 Å². The summed E-state index contributed by atoms with van der Waals surface area (Å²) in [6.07, 6.45) is -0.0693. The molecule has 0 unspecified atom stereocenters. The summed E-state index contributed by atoms with van der Waals surface area (Å²) < 4.78 is 0.965. The predicted molar refractivity (Wildman–Crippen MR) is 75.9 cm³/mol. The number of aliphatic carboxylic acids is 1. The van der Waals surface area contributed by atoms with Crippen LogP contribution in [-0.2, 0) is 11.3 Å². The highest BCUT2D eigenvalue weighted by atomic mass is 79.9. The Balaban J connectivity index is 2.52. The van der Waals surface area contributed by atoms with Gasteiger partial charge in [-0.3, -0.25) is 4.79 Å². The molecule has 0 radical (unpaired) electrons. The lowest BCUT2D eigenvalue weighted by molar-refractivity contribution is -0.136. The average molecular weight is 329 g/mol. The first-order chi connectivity index (χ1) is 9.02. The molecule has 0 heterocycles. The Morgan fingerprint density at radius 1 is 1.42 bits per heavy atom. The highest BCUT2D eigenvalue weighted by Crippen LogP contribution is 2.13. The molecule has 0 fully saturated rings. The summed E-state index contributed by atoms with van der Waals surface area (Å²) >= 11 is 3.38. The molecule has 19 heavy (non-hydrogen) atoms. The monoisotopic (exact) mass is 328 g/mol. The fourth-order valence-corrected chi connectivity index (χ4v) is 2.02. The number of carbonyl (C=O) groups excluding carboxylic acids is 1. The molecule has 1 aromatic rings. The van der Waals surface area contributed by atoms with Gasteiger partial charge in [0.25, 0.3) is 0 Å². The normalized spacial score (nSPS) is 10.0. The molecule has 1 rings (SSSR count). The lowest BCUT2D eigenvalue weighted by atomic mass is 10.2. The minimum atomic E-state index is -0.921. The summed E-state index contributed by atoms with van der Waals surface area (Å²) in [5.74, 6) is -0.921. The van der Waals surface area contributed by atoms with Crippen molar-refractivity contribution in [2.75, 3.05) is 13.1 Å². The number of hydrogen-bond acceptors (Lipinski definition) is 2. The smallest absolute Gasteiger partial charge is 0.317 e. The molecule has 2 N–H and O–H groups in total. The maximum absolute atomic E-state index is 11.9. The zero-order chi connectivity index (χ0) is 14.3. The molecular formula is C13H17BrN2O3. The van der Waals surface area contributed by atoms with Gasteiger partial charge in [-0.25, -0.2) is 4.79 Å². The zero-order valence-corrected chi connectivity index (χ0v) is 12.3. The van der Waals surface area contributed by atoms with Crippen molar-refractivity contribution >= 4 is 27.9 Å². The van der Waals surface area contributed by atoms with Crippen molar-refractivity contribution in [1.29, 1.82) is 0 Å². The van der Waals surface area contributed by atoms with Gasteiger partial charge >= 0.3 is 12.0 Å². The number of rotatable bonds is 6. The van der Waals surface area contributed by atoms with Gasteiger partial charge in [0.2, 0.25) is 0 Å². The second-order valence-corrected chi connectivity index (χ2v) is 4.94. The Labute approximate surface area is 120 Å². The van der Waals surface area contributed by atoms with E-state index in [1.54, 1.807) is 4.90 Å². The second kappa shape index (κ2) is 7.78. The SMILES string of the molecule is CCN(Cc1cccc(Br)c1)C(=O)NCCC(=O)O. The van der Waals surface area contributed by atoms with Crippen LogP contribution in [0.2, 0.25) is 0 Å². The Bertz CT molecular complexity index is 451. The number of benzene rings is 1. The fraction of sp³-hybridized carbons (Fsp3) is 0.385. The van der Waals surface area contributed by atoms with Gasteiger partial charge in [0.05, 0.1) is 6.42 Å². The van der Waals surface area contributed by atoms with E-state index in [1.807, 2.05) is 31.2 Å². The van der Waals surface area contributed by atoms with Crippen molar-refractivity contribution in [2.24, 2.45) is 0 Å². The molecule has 0 aliphatic carbocycles. The van der Waals surface area contributed by atoms with Gasteiger partial charge < -0.3 is 15.3 Å². The van der Waals surface area contributed by atoms with E-state index in [-0.39, 0.29) is 19.0 Å². The minimum absolute atomic E-state index is 0.0693. The number of carboxylic acid groups (broad SMARTS) is 1. The van der Waals surface area contributed by atoms with Crippen LogP contribution in [-0.4, -0.2) is 35.1 Å². The predicted octanol–water partition coefficient (Wildman–Crippen LogP) is 2.46. The van der Waals surface area contributed by atoms with Gasteiger partial charge in [0.1, 0.15) is 0 Å². The molecule has 2 amide bonds. The zero-order valence-electron chi connectivity index (χ0n) is 10.7. The van der Waals surface area contributed by atoms with E-state index in [0.29, 0.717) is 13.1 Å². The van der Waals surface area contributed by atoms with Crippen molar-refractivity contribution in [3.8, 4) is 0 Å². The summed E-state index contributed by atoms with van der Waals surface area (Å²) in [6.45, 7) is 3.08. The third-order valence-corrected chi connectivity index (χ3v) is 3.04. The Morgan fingerprint density at radius 3 is 2.74 bits per heavy atom. The van der Waals surface area contributed by atoms with Gasteiger partial charge in [-0.2, -0.15) is 0 Å². The summed E-state index contributed by atoms with van der Waals surface area (Å²) in [6, 6.07) is 7.48. The van der Waals surface area contributed by atoms with E-state index < -0.39 is 5.97 Å². The van der Waals surface area contributed by atoms with E-state index in [2.05, 4.69) is 21.2 Å². The third-order valence-electron chi connectivity index (χ3n) is 2.55. The lowest BCUT2D eigenvalue weighted by Crippen LogP contribution is -2.40. The molecule has 0 aliphatic heterocycles. The van der Waals surface area contributed by atoms with Gasteiger partial charge in [-0.15, -0.1) is 0 Å². The van der Waals surface area contributed by atoms with Crippen molar-refractivity contribution in [3.63, 3.8) is 0 Å². The molecule has 104 valence electrons. The van der Waals surface area contributed by atoms with Crippen LogP contribution in [0.3, 0.4) is 0 Å². The lowest BCUT2D eigenvalue weighted by Gasteiger charge is -2.21. The van der Waals surface area contributed by atoms with Gasteiger partial charge in [0.15, 0.2) is 0 Å². The molecule has 0 bridgehead atoms. The van der Waals surface area contributed by atoms with Crippen LogP contribution in [0, 0.1) is 0 Å². The summed E-state index contributed by atoms with van der Waals surface area (Å²) in [5.41, 5.74) is 1.02. The maximum Gasteiger partial charge on any atom is 0.317 e. The summed E-state index contributed by atoms with van der Waals surface area (Å²) in [4.78, 5) is 23.9. The van der Waals surface area contributed by atoms with Crippen LogP contribution >= 0.6 is 15.9 Å². The van der Waals surface area contributed by atoms with Gasteiger partial charge in [-0.1, -0.05) is 28.1 Å². The molecule has 6 heteroatoms. The van der Waals surface area contributed by atoms with Crippen molar-refractivity contribution in [1.82, 2.24) is 10.2 Å². The van der Waals surface area contributed by atoms with E-state index in [9.17, 15) is 9.59 Å². The molecule has 1 aromatic carbocycles. The molecule has 0 atom stereocenters. The number of carboxylic acids is 1. The Hall–Kier alpha value is -1.56. The number of halogens is 1. The van der Waals surface area contributed by atoms with Crippen LogP contribution in [0.4, 0.5) is 4.79 Å². The summed E-state index contributed by atoms with van der Waals surface area (Å²) in [5, 5.41) is 11.1. The van der Waals surface area contributed by atoms with E-state index in [1.165, 1.54) is 0 Å². The molecule has 0 aliphatic rings. The minimum Gasteiger partial charge on any atom is -0.481 e. The molecule has 0 aromatic heterocycles. The highest BCUT2D eigenvalue weighted by Gasteiger charge is 2.12. The summed E-state index contributed by atoms with van der Waals surface area (Å²) in [7, 11) is 0. The van der Waals surface area contributed by atoms with E-state index >= 15 is 0 Å². The van der Waals surface area contributed by atoms with Crippen LogP contribution in [0.15, 0.2) is 28.7 Å². The fourth-order valence-electron chi connectivity index (χ4n) is 1.57. The van der Waals surface area contributed by atoms with Crippen LogP contribution in [0.1, 0.15) is 18.9 Å². The second-order valence-electron chi connectivity index (χ2n) is 4.02. The number of nitrogens with zero attached hydrogens (tertiary/aromatic N) is 1. The topological polar surface area (TPSA) is 69.6 Å². The van der Waals surface area contributed by atoms with E-state index in [4.69, 9.17) is 5.11 Å². The molecule has 5 nitrogen and oxygen atoms in total. The van der Waals surface area contributed by atoms with Crippen molar-refractivity contribution in [2.45, 2.75) is 19.9 Å². The van der Waals surface area contributed by atoms with E-state index in [0.717, 1.165) is 10.0 Å². The highest BCUT2D eigenvalue weighted by molar-refractivity contribution is 9.10. The number of hydrogen-bond donors (Lipinski definition) is 2. The number of urea groups is 1. The first-order valence-corrected chi connectivity index (χ1v) is 6.81. The van der Waals surface area contributed by atoms with Crippen molar-refractivity contribution in [3.05, 3.63) is 34.3 Å². The molecule has 0 saturated carbocycles. The standard InChI is InChI=1S/C13H17BrN2O3/c1-2-16(13(19)15-7-6-12(17)18)9-10-4-3-5-11(14)8-10/h3-5,8H,2,6-7,9H2,1H3,(H,15,19)(H,17,18). The Morgan fingerprint density at radius 2 is 2.16 bits per heavy atom. The maximum atomic E-state index is 11.9. The average Bonchev–Trinajstić information content (AvgIpc) is 2.35. The Kier molecular flexibility index (Phi) is 6.35. The quantitative estimate of drug-likeness (QED) is 0.842. The number of carbonyl (C=O) groups is 2. The third kappa shape index (κ3) is 5.74. The largest absolute Gasteiger partial charge is 0.481 e. The molecule has 0 saturated heterocycles. The van der Waals surface area contributed by atoms with Gasteiger partial charge in [-0.05, 0) is 24.6 Å². The first-order valence-electron chi connectivity index (χ1n) is 6.02. The van der Waals surface area contributed by atoms with Crippen LogP contribution < -0.4 is 5.32 Å². The van der Waals surface area contributed by atoms with Crippen molar-refractivity contribution < 1.29 is 14.7 Å². The molecular weight excluding hydrogens is 312 g/mol. The first kappa shape index (κ1) is 15.5. The number of amides is 2. The number of nitrogens with one attached hydrogen (secondary N) is 1. The molecule has 0 spiro atoms. The van der Waals surface area contributed by atoms with Gasteiger partial charge in [0, 0.05) is 24.1 Å².